The van der Waals surface area contributed by atoms with Crippen LogP contribution >= 0.6 is 0 Å². The third-order valence-electron chi connectivity index (χ3n) is 5.12. The molecule has 1 aliphatic heterocycles. The highest BCUT2D eigenvalue weighted by Crippen LogP contribution is 2.39. The van der Waals surface area contributed by atoms with E-state index in [0.29, 0.717) is 0 Å². The molecule has 0 bridgehead atoms. The Bertz CT molecular complexity index is 801. The number of benzene rings is 1. The molecular formula is C19H23N3O. The lowest BCUT2D eigenvalue weighted by molar-refractivity contribution is 0.321. The van der Waals surface area contributed by atoms with Crippen molar-refractivity contribution in [2.24, 2.45) is 0 Å². The first kappa shape index (κ1) is 14.6. The van der Waals surface area contributed by atoms with Crippen LogP contribution in [0.4, 0.5) is 0 Å². The SMILES string of the molecule is CC1(C)Cc2ccccc2-c2nc(CN3CCCC3)[nH]c(=O)c21. The molecule has 0 spiro atoms. The molecular weight excluding hydrogens is 286 g/mol. The van der Waals surface area contributed by atoms with E-state index >= 15 is 0 Å². The third-order valence-corrected chi connectivity index (χ3v) is 5.12. The second-order valence-electron chi connectivity index (χ2n) is 7.44. The van der Waals surface area contributed by atoms with Crippen LogP contribution < -0.4 is 5.56 Å². The van der Waals surface area contributed by atoms with Crippen LogP contribution in [-0.2, 0) is 18.4 Å². The first-order valence-corrected chi connectivity index (χ1v) is 8.49. The Labute approximate surface area is 136 Å². The van der Waals surface area contributed by atoms with Gasteiger partial charge in [0, 0.05) is 16.5 Å². The molecule has 1 aromatic heterocycles. The predicted octanol–water partition coefficient (Wildman–Crippen LogP) is 2.87. The fourth-order valence-corrected chi connectivity index (χ4v) is 4.04. The summed E-state index contributed by atoms with van der Waals surface area (Å²) in [6.07, 6.45) is 3.36. The van der Waals surface area contributed by atoms with Crippen molar-refractivity contribution in [3.05, 3.63) is 51.6 Å². The molecule has 0 amide bonds. The molecule has 4 heteroatoms. The number of fused-ring (bicyclic) bond motifs is 3. The molecule has 4 rings (SSSR count). The van der Waals surface area contributed by atoms with Gasteiger partial charge in [-0.2, -0.15) is 0 Å². The fourth-order valence-electron chi connectivity index (χ4n) is 4.04. The highest BCUT2D eigenvalue weighted by atomic mass is 16.1. The zero-order valence-electron chi connectivity index (χ0n) is 13.9. The minimum absolute atomic E-state index is 0.0312. The van der Waals surface area contributed by atoms with Gasteiger partial charge in [0.25, 0.3) is 5.56 Å². The van der Waals surface area contributed by atoms with Crippen molar-refractivity contribution in [2.45, 2.75) is 45.1 Å². The van der Waals surface area contributed by atoms with Gasteiger partial charge < -0.3 is 4.98 Å². The van der Waals surface area contributed by atoms with Crippen molar-refractivity contribution in [1.29, 1.82) is 0 Å². The predicted molar refractivity (Wildman–Crippen MR) is 91.5 cm³/mol. The number of nitrogens with one attached hydrogen (secondary N) is 1. The highest BCUT2D eigenvalue weighted by Gasteiger charge is 2.34. The number of aromatic amines is 1. The smallest absolute Gasteiger partial charge is 0.255 e. The molecule has 1 N–H and O–H groups in total. The molecule has 1 saturated heterocycles. The Balaban J connectivity index is 1.85. The first-order chi connectivity index (χ1) is 11.0. The lowest BCUT2D eigenvalue weighted by Gasteiger charge is -2.32. The molecule has 2 aliphatic rings. The van der Waals surface area contributed by atoms with E-state index in [-0.39, 0.29) is 11.0 Å². The van der Waals surface area contributed by atoms with E-state index in [1.54, 1.807) is 0 Å². The molecule has 1 fully saturated rings. The Hall–Kier alpha value is -1.94. The Morgan fingerprint density at radius 2 is 1.96 bits per heavy atom. The summed E-state index contributed by atoms with van der Waals surface area (Å²) in [7, 11) is 0. The topological polar surface area (TPSA) is 49.0 Å². The van der Waals surface area contributed by atoms with Gasteiger partial charge in [0.05, 0.1) is 12.2 Å². The normalized spacial score (nSPS) is 19.4. The quantitative estimate of drug-likeness (QED) is 0.928. The van der Waals surface area contributed by atoms with Crippen LogP contribution in [0.5, 0.6) is 0 Å². The molecule has 1 aromatic carbocycles. The molecule has 4 nitrogen and oxygen atoms in total. The summed E-state index contributed by atoms with van der Waals surface area (Å²) in [4.78, 5) is 23.1. The zero-order valence-corrected chi connectivity index (χ0v) is 13.9. The van der Waals surface area contributed by atoms with Gasteiger partial charge >= 0.3 is 0 Å². The average Bonchev–Trinajstić information content (AvgIpc) is 2.99. The summed E-state index contributed by atoms with van der Waals surface area (Å²) in [6, 6.07) is 8.35. The van der Waals surface area contributed by atoms with Crippen LogP contribution in [0.3, 0.4) is 0 Å². The standard InChI is InChI=1S/C19H23N3O/c1-19(2)11-13-7-3-4-8-14(13)17-16(19)18(23)21-15(20-17)12-22-9-5-6-10-22/h3-4,7-8H,5-6,9-12H2,1-2H3,(H,20,21,23). The summed E-state index contributed by atoms with van der Waals surface area (Å²) >= 11 is 0. The van der Waals surface area contributed by atoms with Crippen LogP contribution in [-0.4, -0.2) is 28.0 Å². The Morgan fingerprint density at radius 3 is 2.74 bits per heavy atom. The second-order valence-corrected chi connectivity index (χ2v) is 7.44. The number of rotatable bonds is 2. The number of nitrogens with zero attached hydrogens (tertiary/aromatic N) is 2. The summed E-state index contributed by atoms with van der Waals surface area (Å²) in [5, 5.41) is 0. The van der Waals surface area contributed by atoms with Gasteiger partial charge in [0.15, 0.2) is 0 Å². The van der Waals surface area contributed by atoms with Gasteiger partial charge in [-0.15, -0.1) is 0 Å². The maximum Gasteiger partial charge on any atom is 0.255 e. The summed E-state index contributed by atoms with van der Waals surface area (Å²) < 4.78 is 0. The van der Waals surface area contributed by atoms with E-state index in [1.807, 2.05) is 6.07 Å². The van der Waals surface area contributed by atoms with Crippen molar-refractivity contribution in [1.82, 2.24) is 14.9 Å². The molecule has 0 radical (unpaired) electrons. The van der Waals surface area contributed by atoms with Gasteiger partial charge in [-0.3, -0.25) is 9.69 Å². The lowest BCUT2D eigenvalue weighted by atomic mass is 9.72. The minimum atomic E-state index is -0.184. The second kappa shape index (κ2) is 5.31. The fraction of sp³-hybridized carbons (Fsp3) is 0.474. The van der Waals surface area contributed by atoms with Crippen molar-refractivity contribution >= 4 is 0 Å². The van der Waals surface area contributed by atoms with Crippen molar-refractivity contribution < 1.29 is 0 Å². The van der Waals surface area contributed by atoms with Crippen LogP contribution in [0.25, 0.3) is 11.3 Å². The molecule has 120 valence electrons. The molecule has 23 heavy (non-hydrogen) atoms. The molecule has 1 aliphatic carbocycles. The zero-order chi connectivity index (χ0) is 16.0. The number of aromatic nitrogens is 2. The largest absolute Gasteiger partial charge is 0.309 e. The average molecular weight is 309 g/mol. The van der Waals surface area contributed by atoms with Crippen molar-refractivity contribution in [2.75, 3.05) is 13.1 Å². The van der Waals surface area contributed by atoms with Crippen molar-refractivity contribution in [3.63, 3.8) is 0 Å². The molecule has 0 saturated carbocycles. The van der Waals surface area contributed by atoms with E-state index < -0.39 is 0 Å². The maximum absolute atomic E-state index is 12.8. The first-order valence-electron chi connectivity index (χ1n) is 8.49. The van der Waals surface area contributed by atoms with E-state index in [1.165, 1.54) is 18.4 Å². The molecule has 2 aromatic rings. The van der Waals surface area contributed by atoms with Gasteiger partial charge in [0.1, 0.15) is 5.82 Å². The number of H-pyrrole nitrogens is 1. The van der Waals surface area contributed by atoms with E-state index in [4.69, 9.17) is 4.98 Å². The Morgan fingerprint density at radius 1 is 1.22 bits per heavy atom. The van der Waals surface area contributed by atoms with Crippen LogP contribution in [0, 0.1) is 0 Å². The minimum Gasteiger partial charge on any atom is -0.309 e. The highest BCUT2D eigenvalue weighted by molar-refractivity contribution is 5.71. The molecule has 2 heterocycles. The van der Waals surface area contributed by atoms with Crippen molar-refractivity contribution in [3.8, 4) is 11.3 Å². The van der Waals surface area contributed by atoms with E-state index in [2.05, 4.69) is 41.9 Å². The molecule has 0 unspecified atom stereocenters. The third kappa shape index (κ3) is 2.51. The van der Waals surface area contributed by atoms with Crippen LogP contribution in [0.1, 0.15) is 43.6 Å². The summed E-state index contributed by atoms with van der Waals surface area (Å²) in [5.41, 5.74) is 3.97. The van der Waals surface area contributed by atoms with Gasteiger partial charge in [-0.05, 0) is 37.9 Å². The van der Waals surface area contributed by atoms with Gasteiger partial charge in [-0.1, -0.05) is 38.1 Å². The monoisotopic (exact) mass is 309 g/mol. The van der Waals surface area contributed by atoms with Crippen LogP contribution in [0.2, 0.25) is 0 Å². The summed E-state index contributed by atoms with van der Waals surface area (Å²) in [6.45, 7) is 7.22. The number of hydrogen-bond acceptors (Lipinski definition) is 3. The number of likely N-dealkylation sites (tertiary alicyclic amines) is 1. The van der Waals surface area contributed by atoms with Crippen LogP contribution in [0.15, 0.2) is 29.1 Å². The van der Waals surface area contributed by atoms with Gasteiger partial charge in [-0.25, -0.2) is 4.98 Å². The van der Waals surface area contributed by atoms with Gasteiger partial charge in [0.2, 0.25) is 0 Å². The Kier molecular flexibility index (Phi) is 3.38. The summed E-state index contributed by atoms with van der Waals surface area (Å²) in [5.74, 6) is 0.795. The van der Waals surface area contributed by atoms with E-state index in [9.17, 15) is 4.79 Å². The van der Waals surface area contributed by atoms with E-state index in [0.717, 1.165) is 48.7 Å². The maximum atomic E-state index is 12.8. The number of hydrogen-bond donors (Lipinski definition) is 1. The molecule has 0 atom stereocenters. The lowest BCUT2D eigenvalue weighted by Crippen LogP contribution is -2.35.